The molecular weight excluding hydrogens is 321 g/mol. The Labute approximate surface area is 145 Å². The predicted octanol–water partition coefficient (Wildman–Crippen LogP) is 3.05. The molecule has 128 valence electrons. The highest BCUT2D eigenvalue weighted by Gasteiger charge is 2.12. The van der Waals surface area contributed by atoms with Gasteiger partial charge in [-0.05, 0) is 24.3 Å². The number of hydrogen-bond donors (Lipinski definition) is 0. The number of benzene rings is 2. The third kappa shape index (κ3) is 4.44. The number of hydrogen-bond acceptors (Lipinski definition) is 3. The van der Waals surface area contributed by atoms with Crippen molar-refractivity contribution in [3.8, 4) is 11.4 Å². The van der Waals surface area contributed by atoms with Gasteiger partial charge in [0.2, 0.25) is 0 Å². The minimum Gasteiger partial charge on any atom is -0.484 e. The molecular formula is C19H18FN3O2. The Bertz CT molecular complexity index is 849. The van der Waals surface area contributed by atoms with Crippen LogP contribution in [0.15, 0.2) is 67.0 Å². The Kier molecular flexibility index (Phi) is 5.09. The number of carbonyl (C=O) groups is 1. The third-order valence-corrected chi connectivity index (χ3v) is 3.66. The van der Waals surface area contributed by atoms with Gasteiger partial charge in [0.1, 0.15) is 11.6 Å². The topological polar surface area (TPSA) is 47.4 Å². The van der Waals surface area contributed by atoms with E-state index in [1.54, 1.807) is 28.9 Å². The molecule has 1 heterocycles. The van der Waals surface area contributed by atoms with E-state index in [-0.39, 0.29) is 12.5 Å². The first-order valence-corrected chi connectivity index (χ1v) is 7.83. The quantitative estimate of drug-likeness (QED) is 0.693. The van der Waals surface area contributed by atoms with Crippen LogP contribution in [0.1, 0.15) is 5.56 Å². The van der Waals surface area contributed by atoms with Gasteiger partial charge in [0.25, 0.3) is 5.91 Å². The average molecular weight is 339 g/mol. The van der Waals surface area contributed by atoms with Gasteiger partial charge in [-0.1, -0.05) is 24.3 Å². The molecule has 0 saturated carbocycles. The van der Waals surface area contributed by atoms with Crippen LogP contribution in [-0.4, -0.2) is 34.2 Å². The summed E-state index contributed by atoms with van der Waals surface area (Å²) in [5.74, 6) is -0.262. The van der Waals surface area contributed by atoms with Crippen molar-refractivity contribution in [2.75, 3.05) is 13.7 Å². The van der Waals surface area contributed by atoms with E-state index in [2.05, 4.69) is 5.10 Å². The van der Waals surface area contributed by atoms with Crippen molar-refractivity contribution < 1.29 is 13.9 Å². The smallest absolute Gasteiger partial charge is 0.260 e. The van der Waals surface area contributed by atoms with Crippen molar-refractivity contribution in [2.45, 2.75) is 6.54 Å². The Balaban J connectivity index is 1.56. The summed E-state index contributed by atoms with van der Waals surface area (Å²) in [6.07, 6.45) is 3.61. The zero-order valence-electron chi connectivity index (χ0n) is 13.8. The van der Waals surface area contributed by atoms with Gasteiger partial charge in [-0.15, -0.1) is 0 Å². The lowest BCUT2D eigenvalue weighted by molar-refractivity contribution is -0.132. The highest BCUT2D eigenvalue weighted by molar-refractivity contribution is 5.77. The molecule has 1 aromatic heterocycles. The Morgan fingerprint density at radius 2 is 2.00 bits per heavy atom. The summed E-state index contributed by atoms with van der Waals surface area (Å²) >= 11 is 0. The second-order valence-corrected chi connectivity index (χ2v) is 5.62. The molecule has 3 rings (SSSR count). The maximum absolute atomic E-state index is 13.1. The fourth-order valence-corrected chi connectivity index (χ4v) is 2.34. The Morgan fingerprint density at radius 1 is 1.20 bits per heavy atom. The SMILES string of the molecule is CN(Cc1cnn(-c2ccccc2)c1)C(=O)COc1cccc(F)c1. The molecule has 0 spiro atoms. The maximum atomic E-state index is 13.1. The first-order chi connectivity index (χ1) is 12.1. The van der Waals surface area contributed by atoms with Gasteiger partial charge in [-0.3, -0.25) is 4.79 Å². The maximum Gasteiger partial charge on any atom is 0.260 e. The summed E-state index contributed by atoms with van der Waals surface area (Å²) in [5, 5.41) is 4.31. The van der Waals surface area contributed by atoms with Crippen LogP contribution in [0.25, 0.3) is 5.69 Å². The monoisotopic (exact) mass is 339 g/mol. The van der Waals surface area contributed by atoms with E-state index in [1.807, 2.05) is 36.5 Å². The zero-order valence-corrected chi connectivity index (χ0v) is 13.8. The van der Waals surface area contributed by atoms with E-state index in [1.165, 1.54) is 18.2 Å². The summed E-state index contributed by atoms with van der Waals surface area (Å²) in [6, 6.07) is 15.5. The van der Waals surface area contributed by atoms with Crippen LogP contribution >= 0.6 is 0 Å². The molecule has 0 unspecified atom stereocenters. The minimum absolute atomic E-state index is 0.146. The molecule has 6 heteroatoms. The van der Waals surface area contributed by atoms with Gasteiger partial charge in [0, 0.05) is 31.4 Å². The average Bonchev–Trinajstić information content (AvgIpc) is 3.09. The first kappa shape index (κ1) is 16.7. The molecule has 0 N–H and O–H groups in total. The number of ether oxygens (including phenoxy) is 1. The van der Waals surface area contributed by atoms with E-state index in [4.69, 9.17) is 4.74 Å². The Hall–Kier alpha value is -3.15. The second-order valence-electron chi connectivity index (χ2n) is 5.62. The fourth-order valence-electron chi connectivity index (χ4n) is 2.34. The van der Waals surface area contributed by atoms with E-state index >= 15 is 0 Å². The first-order valence-electron chi connectivity index (χ1n) is 7.83. The lowest BCUT2D eigenvalue weighted by Crippen LogP contribution is -2.30. The molecule has 0 atom stereocenters. The van der Waals surface area contributed by atoms with Crippen LogP contribution in [0.3, 0.4) is 0 Å². The van der Waals surface area contributed by atoms with Gasteiger partial charge < -0.3 is 9.64 Å². The largest absolute Gasteiger partial charge is 0.484 e. The number of amides is 1. The van der Waals surface area contributed by atoms with Crippen LogP contribution in [0.2, 0.25) is 0 Å². The van der Waals surface area contributed by atoms with Gasteiger partial charge in [0.15, 0.2) is 6.61 Å². The standard InChI is InChI=1S/C19H18FN3O2/c1-22(19(24)14-25-18-9-5-6-16(20)10-18)12-15-11-21-23(13-15)17-7-3-2-4-8-17/h2-11,13H,12,14H2,1H3. The van der Waals surface area contributed by atoms with Crippen LogP contribution in [-0.2, 0) is 11.3 Å². The van der Waals surface area contributed by atoms with Gasteiger partial charge >= 0.3 is 0 Å². The van der Waals surface area contributed by atoms with Crippen molar-refractivity contribution >= 4 is 5.91 Å². The van der Waals surface area contributed by atoms with Crippen LogP contribution in [0.5, 0.6) is 5.75 Å². The number of nitrogens with zero attached hydrogens (tertiary/aromatic N) is 3. The van der Waals surface area contributed by atoms with Gasteiger partial charge in [-0.25, -0.2) is 9.07 Å². The molecule has 0 bridgehead atoms. The fraction of sp³-hybridized carbons (Fsp3) is 0.158. The third-order valence-electron chi connectivity index (χ3n) is 3.66. The number of aromatic nitrogens is 2. The van der Waals surface area contributed by atoms with E-state index in [0.29, 0.717) is 12.3 Å². The second kappa shape index (κ2) is 7.61. The molecule has 1 amide bonds. The van der Waals surface area contributed by atoms with Gasteiger partial charge in [-0.2, -0.15) is 5.10 Å². The van der Waals surface area contributed by atoms with Crippen molar-refractivity contribution in [3.05, 3.63) is 78.4 Å². The molecule has 25 heavy (non-hydrogen) atoms. The molecule has 0 aliphatic heterocycles. The summed E-state index contributed by atoms with van der Waals surface area (Å²) in [4.78, 5) is 13.7. The number of rotatable bonds is 6. The molecule has 2 aromatic carbocycles. The van der Waals surface area contributed by atoms with Crippen LogP contribution < -0.4 is 4.74 Å². The summed E-state index contributed by atoms with van der Waals surface area (Å²) in [7, 11) is 1.69. The number of likely N-dealkylation sites (N-methyl/N-ethyl adjacent to an activating group) is 1. The molecule has 3 aromatic rings. The molecule has 5 nitrogen and oxygen atoms in total. The van der Waals surface area contributed by atoms with E-state index in [0.717, 1.165) is 11.3 Å². The van der Waals surface area contributed by atoms with Crippen molar-refractivity contribution in [1.82, 2.24) is 14.7 Å². The number of para-hydroxylation sites is 1. The predicted molar refractivity (Wildman–Crippen MR) is 91.9 cm³/mol. The van der Waals surface area contributed by atoms with Crippen LogP contribution in [0.4, 0.5) is 4.39 Å². The molecule has 0 radical (unpaired) electrons. The molecule has 0 aliphatic carbocycles. The molecule has 0 saturated heterocycles. The number of halogens is 1. The summed E-state index contributed by atoms with van der Waals surface area (Å²) < 4.78 is 20.2. The summed E-state index contributed by atoms with van der Waals surface area (Å²) in [5.41, 5.74) is 1.86. The van der Waals surface area contributed by atoms with Crippen LogP contribution in [0, 0.1) is 5.82 Å². The normalized spacial score (nSPS) is 10.5. The highest BCUT2D eigenvalue weighted by atomic mass is 19.1. The highest BCUT2D eigenvalue weighted by Crippen LogP contribution is 2.13. The Morgan fingerprint density at radius 3 is 2.76 bits per heavy atom. The lowest BCUT2D eigenvalue weighted by Gasteiger charge is -2.16. The summed E-state index contributed by atoms with van der Waals surface area (Å²) in [6.45, 7) is 0.269. The van der Waals surface area contributed by atoms with Gasteiger partial charge in [0.05, 0.1) is 11.9 Å². The minimum atomic E-state index is -0.397. The van der Waals surface area contributed by atoms with E-state index < -0.39 is 5.82 Å². The zero-order chi connectivity index (χ0) is 17.6. The van der Waals surface area contributed by atoms with Crippen molar-refractivity contribution in [1.29, 1.82) is 0 Å². The lowest BCUT2D eigenvalue weighted by atomic mass is 10.3. The molecule has 0 aliphatic rings. The molecule has 0 fully saturated rings. The van der Waals surface area contributed by atoms with E-state index in [9.17, 15) is 9.18 Å². The van der Waals surface area contributed by atoms with Crippen molar-refractivity contribution in [2.24, 2.45) is 0 Å². The van der Waals surface area contributed by atoms with Crippen molar-refractivity contribution in [3.63, 3.8) is 0 Å². The number of carbonyl (C=O) groups excluding carboxylic acids is 1.